The molecule has 2 rings (SSSR count). The lowest BCUT2D eigenvalue weighted by molar-refractivity contribution is -0.119. The number of urea groups is 1. The molecule has 0 aromatic carbocycles. The van der Waals surface area contributed by atoms with Gasteiger partial charge in [0.05, 0.1) is 5.25 Å². The zero-order valence-corrected chi connectivity index (χ0v) is 15.8. The number of imide groups is 1. The Morgan fingerprint density at radius 3 is 2.70 bits per heavy atom. The van der Waals surface area contributed by atoms with E-state index in [4.69, 9.17) is 0 Å². The number of carbonyl (C=O) groups is 2. The number of nitrogens with zero attached hydrogens (tertiary/aromatic N) is 2. The van der Waals surface area contributed by atoms with Crippen molar-refractivity contribution in [2.24, 2.45) is 0 Å². The quantitative estimate of drug-likeness (QED) is 0.713. The molecule has 1 aromatic heterocycles. The maximum atomic E-state index is 12.1. The third-order valence-electron chi connectivity index (χ3n) is 3.39. The van der Waals surface area contributed by atoms with Crippen LogP contribution in [-0.2, 0) is 4.79 Å². The van der Waals surface area contributed by atoms with E-state index >= 15 is 0 Å². The number of amides is 3. The Kier molecular flexibility index (Phi) is 7.64. The zero-order valence-electron chi connectivity index (χ0n) is 13.3. The first-order valence-corrected chi connectivity index (χ1v) is 10.5. The molecule has 23 heavy (non-hydrogen) atoms. The molecule has 1 heterocycles. The summed E-state index contributed by atoms with van der Waals surface area (Å²) in [6.07, 6.45) is 5.35. The molecular weight excluding hydrogens is 352 g/mol. The second-order valence-corrected chi connectivity index (χ2v) is 9.29. The van der Waals surface area contributed by atoms with Crippen LogP contribution in [0, 0.1) is 0 Å². The SMILES string of the molecule is CCCSc1nnc(S[C@@H](C)C(=O)NC(=O)NC2CCCC2)s1. The first-order chi connectivity index (χ1) is 11.1. The number of aromatic nitrogens is 2. The van der Waals surface area contributed by atoms with Crippen LogP contribution in [0.1, 0.15) is 46.0 Å². The number of rotatable bonds is 7. The molecule has 1 saturated carbocycles. The normalized spacial score (nSPS) is 16.3. The second kappa shape index (κ2) is 9.48. The largest absolute Gasteiger partial charge is 0.335 e. The summed E-state index contributed by atoms with van der Waals surface area (Å²) in [5.41, 5.74) is 0. The van der Waals surface area contributed by atoms with Crippen LogP contribution >= 0.6 is 34.9 Å². The maximum Gasteiger partial charge on any atom is 0.321 e. The molecule has 1 fully saturated rings. The van der Waals surface area contributed by atoms with E-state index in [-0.39, 0.29) is 17.2 Å². The highest BCUT2D eigenvalue weighted by atomic mass is 32.2. The van der Waals surface area contributed by atoms with Gasteiger partial charge in [-0.25, -0.2) is 4.79 Å². The van der Waals surface area contributed by atoms with E-state index in [1.54, 1.807) is 18.7 Å². The molecule has 1 atom stereocenters. The molecule has 0 spiro atoms. The van der Waals surface area contributed by atoms with Crippen LogP contribution in [0.4, 0.5) is 4.79 Å². The lowest BCUT2D eigenvalue weighted by atomic mass is 10.2. The van der Waals surface area contributed by atoms with E-state index in [2.05, 4.69) is 27.8 Å². The molecule has 3 amide bonds. The van der Waals surface area contributed by atoms with Crippen molar-refractivity contribution in [2.75, 3.05) is 5.75 Å². The predicted octanol–water partition coefficient (Wildman–Crippen LogP) is 3.29. The van der Waals surface area contributed by atoms with Crippen LogP contribution in [0.3, 0.4) is 0 Å². The van der Waals surface area contributed by atoms with Gasteiger partial charge in [0, 0.05) is 11.8 Å². The smallest absolute Gasteiger partial charge is 0.321 e. The Bertz CT molecular complexity index is 532. The Hall–Kier alpha value is -0.800. The predicted molar refractivity (Wildman–Crippen MR) is 95.2 cm³/mol. The first kappa shape index (κ1) is 18.5. The van der Waals surface area contributed by atoms with Crippen molar-refractivity contribution in [1.82, 2.24) is 20.8 Å². The number of carbonyl (C=O) groups excluding carboxylic acids is 2. The molecule has 6 nitrogen and oxygen atoms in total. The van der Waals surface area contributed by atoms with E-state index < -0.39 is 6.03 Å². The maximum absolute atomic E-state index is 12.1. The molecule has 128 valence electrons. The minimum Gasteiger partial charge on any atom is -0.335 e. The molecule has 0 unspecified atom stereocenters. The highest BCUT2D eigenvalue weighted by molar-refractivity contribution is 8.03. The summed E-state index contributed by atoms with van der Waals surface area (Å²) < 4.78 is 1.67. The molecular formula is C14H22N4O2S3. The molecule has 0 aliphatic heterocycles. The molecule has 1 aromatic rings. The van der Waals surface area contributed by atoms with Crippen LogP contribution < -0.4 is 10.6 Å². The summed E-state index contributed by atoms with van der Waals surface area (Å²) in [5, 5.41) is 13.0. The highest BCUT2D eigenvalue weighted by Crippen LogP contribution is 2.31. The van der Waals surface area contributed by atoms with E-state index in [9.17, 15) is 9.59 Å². The molecule has 0 radical (unpaired) electrons. The fourth-order valence-corrected chi connectivity index (χ4v) is 5.29. The van der Waals surface area contributed by atoms with Crippen molar-refractivity contribution in [3.63, 3.8) is 0 Å². The standard InChI is InChI=1S/C14H22N4O2S3/c1-3-8-21-13-17-18-14(23-13)22-9(2)11(19)16-12(20)15-10-6-4-5-7-10/h9-10H,3-8H2,1-2H3,(H2,15,16,19,20)/t9-/m0/s1. The summed E-state index contributed by atoms with van der Waals surface area (Å²) in [5.74, 6) is 0.708. The lowest BCUT2D eigenvalue weighted by Gasteiger charge is -2.14. The van der Waals surface area contributed by atoms with Crippen LogP contribution in [0.5, 0.6) is 0 Å². The monoisotopic (exact) mass is 374 g/mol. The van der Waals surface area contributed by atoms with Gasteiger partial charge in [0.25, 0.3) is 0 Å². The highest BCUT2D eigenvalue weighted by Gasteiger charge is 2.22. The summed E-state index contributed by atoms with van der Waals surface area (Å²) in [4.78, 5) is 23.9. The zero-order chi connectivity index (χ0) is 16.7. The summed E-state index contributed by atoms with van der Waals surface area (Å²) in [7, 11) is 0. The fraction of sp³-hybridized carbons (Fsp3) is 0.714. The Morgan fingerprint density at radius 1 is 1.30 bits per heavy atom. The van der Waals surface area contributed by atoms with Gasteiger partial charge in [0.1, 0.15) is 0 Å². The second-order valence-electron chi connectivity index (χ2n) is 5.39. The molecule has 0 bridgehead atoms. The van der Waals surface area contributed by atoms with E-state index in [1.165, 1.54) is 23.1 Å². The Balaban J connectivity index is 1.75. The third-order valence-corrected chi connectivity index (χ3v) is 6.84. The Morgan fingerprint density at radius 2 is 2.00 bits per heavy atom. The lowest BCUT2D eigenvalue weighted by Crippen LogP contribution is -2.45. The molecule has 2 N–H and O–H groups in total. The van der Waals surface area contributed by atoms with Crippen molar-refractivity contribution in [3.8, 4) is 0 Å². The number of hydrogen-bond acceptors (Lipinski definition) is 7. The number of thioether (sulfide) groups is 2. The van der Waals surface area contributed by atoms with Gasteiger partial charge in [-0.3, -0.25) is 10.1 Å². The van der Waals surface area contributed by atoms with Crippen molar-refractivity contribution in [2.45, 2.75) is 65.9 Å². The van der Waals surface area contributed by atoms with Crippen molar-refractivity contribution >= 4 is 46.8 Å². The van der Waals surface area contributed by atoms with E-state index in [0.29, 0.717) is 0 Å². The molecule has 1 aliphatic rings. The summed E-state index contributed by atoms with van der Waals surface area (Å²) >= 11 is 4.49. The van der Waals surface area contributed by atoms with Crippen LogP contribution in [0.15, 0.2) is 8.68 Å². The van der Waals surface area contributed by atoms with Crippen molar-refractivity contribution < 1.29 is 9.59 Å². The third kappa shape index (κ3) is 6.31. The topological polar surface area (TPSA) is 84.0 Å². The van der Waals surface area contributed by atoms with Gasteiger partial charge in [-0.05, 0) is 26.2 Å². The van der Waals surface area contributed by atoms with Crippen LogP contribution in [-0.4, -0.2) is 39.2 Å². The van der Waals surface area contributed by atoms with Gasteiger partial charge >= 0.3 is 6.03 Å². The summed E-state index contributed by atoms with van der Waals surface area (Å²) in [6, 6.07) is -0.196. The van der Waals surface area contributed by atoms with E-state index in [1.807, 2.05) is 0 Å². The van der Waals surface area contributed by atoms with Crippen molar-refractivity contribution in [1.29, 1.82) is 0 Å². The first-order valence-electron chi connectivity index (χ1n) is 7.82. The van der Waals surface area contributed by atoms with Crippen molar-refractivity contribution in [3.05, 3.63) is 0 Å². The summed E-state index contributed by atoms with van der Waals surface area (Å²) in [6.45, 7) is 3.88. The van der Waals surface area contributed by atoms with Gasteiger partial charge in [-0.2, -0.15) is 0 Å². The van der Waals surface area contributed by atoms with E-state index in [0.717, 1.165) is 46.5 Å². The van der Waals surface area contributed by atoms with Gasteiger partial charge in [0.15, 0.2) is 8.68 Å². The fourth-order valence-electron chi connectivity index (χ4n) is 2.20. The molecule has 9 heteroatoms. The minimum absolute atomic E-state index is 0.201. The average Bonchev–Trinajstić information content (AvgIpc) is 3.16. The minimum atomic E-state index is -0.397. The van der Waals surface area contributed by atoms with Gasteiger partial charge < -0.3 is 5.32 Å². The number of nitrogens with one attached hydrogen (secondary N) is 2. The van der Waals surface area contributed by atoms with Gasteiger partial charge in [-0.1, -0.05) is 54.6 Å². The number of hydrogen-bond donors (Lipinski definition) is 2. The van der Waals surface area contributed by atoms with Gasteiger partial charge in [0.2, 0.25) is 5.91 Å². The average molecular weight is 375 g/mol. The van der Waals surface area contributed by atoms with Crippen LogP contribution in [0.25, 0.3) is 0 Å². The molecule has 0 saturated heterocycles. The van der Waals surface area contributed by atoms with Gasteiger partial charge in [-0.15, -0.1) is 10.2 Å². The molecule has 1 aliphatic carbocycles. The van der Waals surface area contributed by atoms with Crippen LogP contribution in [0.2, 0.25) is 0 Å². The Labute approximate surface area is 149 Å².